The lowest BCUT2D eigenvalue weighted by atomic mass is 9.92. The number of benzene rings is 1. The Morgan fingerprint density at radius 2 is 2.03 bits per heavy atom. The Bertz CT molecular complexity index is 954. The predicted molar refractivity (Wildman–Crippen MR) is 120 cm³/mol. The van der Waals surface area contributed by atoms with E-state index in [9.17, 15) is 14.3 Å². The molecule has 156 valence electrons. The van der Waals surface area contributed by atoms with E-state index in [0.717, 1.165) is 41.1 Å². The maximum atomic E-state index is 13.1. The number of carboxylic acid groups (broad SMARTS) is 1. The normalized spacial score (nSPS) is 20.1. The lowest BCUT2D eigenvalue weighted by Crippen LogP contribution is -2.17. The van der Waals surface area contributed by atoms with Gasteiger partial charge in [0.2, 0.25) is 0 Å². The third-order valence-corrected chi connectivity index (χ3v) is 6.02. The van der Waals surface area contributed by atoms with E-state index in [2.05, 4.69) is 29.0 Å². The quantitative estimate of drug-likeness (QED) is 0.569. The summed E-state index contributed by atoms with van der Waals surface area (Å²) in [7, 11) is 0. The van der Waals surface area contributed by atoms with E-state index in [0.29, 0.717) is 12.2 Å². The molecule has 1 heterocycles. The number of carbonyl (C=O) groups is 1. The van der Waals surface area contributed by atoms with E-state index in [1.165, 1.54) is 24.4 Å². The fourth-order valence-corrected chi connectivity index (χ4v) is 4.14. The number of nitrogens with zero attached hydrogens (tertiary/aromatic N) is 1. The molecule has 0 spiro atoms. The molecule has 6 heteroatoms. The van der Waals surface area contributed by atoms with Gasteiger partial charge in [-0.05, 0) is 55.7 Å². The van der Waals surface area contributed by atoms with E-state index in [-0.39, 0.29) is 17.3 Å². The standard InChI is InChI=1S/C24H25FN2O2S/c1-17-7-10-20(30-21-11-8-19(25)9-12-21)6-4-2-3-5-18(17)15-27-23-16-26-14-13-22(23)24(28)29/h6-14,16,18,27H,1-5,15H2,(H,28,29)/b10-7-,20-6+/t18-/m1/s1. The molecule has 0 saturated carbocycles. The number of aromatic carboxylic acids is 1. The van der Waals surface area contributed by atoms with Gasteiger partial charge in [-0.1, -0.05) is 42.5 Å². The largest absolute Gasteiger partial charge is 0.478 e. The number of hydrogen-bond donors (Lipinski definition) is 2. The highest BCUT2D eigenvalue weighted by atomic mass is 32.2. The van der Waals surface area contributed by atoms with Crippen LogP contribution in [0.2, 0.25) is 0 Å². The molecule has 2 N–H and O–H groups in total. The fraction of sp³-hybridized carbons (Fsp3) is 0.250. The highest BCUT2D eigenvalue weighted by Gasteiger charge is 2.15. The van der Waals surface area contributed by atoms with Crippen molar-refractivity contribution in [2.45, 2.75) is 30.6 Å². The number of carboxylic acids is 1. The number of rotatable bonds is 6. The van der Waals surface area contributed by atoms with Gasteiger partial charge in [0.05, 0.1) is 17.4 Å². The minimum atomic E-state index is -0.975. The van der Waals surface area contributed by atoms with E-state index in [1.54, 1.807) is 30.1 Å². The second kappa shape index (κ2) is 10.8. The molecule has 4 nitrogen and oxygen atoms in total. The molecule has 0 bridgehead atoms. The molecule has 1 aliphatic rings. The molecule has 1 atom stereocenters. The average molecular weight is 425 g/mol. The van der Waals surface area contributed by atoms with Crippen molar-refractivity contribution in [1.82, 2.24) is 4.98 Å². The summed E-state index contributed by atoms with van der Waals surface area (Å²) in [4.78, 5) is 17.5. The van der Waals surface area contributed by atoms with Crippen molar-refractivity contribution in [2.24, 2.45) is 5.92 Å². The minimum Gasteiger partial charge on any atom is -0.478 e. The SMILES string of the molecule is C=C1/C=C\C(Sc2ccc(F)cc2)=C/CCCC[C@@H]1CNc1cnccc1C(=O)O. The summed E-state index contributed by atoms with van der Waals surface area (Å²) in [6.07, 6.45) is 13.4. The van der Waals surface area contributed by atoms with Gasteiger partial charge >= 0.3 is 5.97 Å². The smallest absolute Gasteiger partial charge is 0.337 e. The van der Waals surface area contributed by atoms with Crippen molar-refractivity contribution in [1.29, 1.82) is 0 Å². The Hall–Kier alpha value is -2.86. The van der Waals surface area contributed by atoms with Crippen LogP contribution in [0, 0.1) is 11.7 Å². The first-order chi connectivity index (χ1) is 14.5. The number of allylic oxidation sites excluding steroid dienone is 3. The van der Waals surface area contributed by atoms with E-state index in [4.69, 9.17) is 0 Å². The molecular weight excluding hydrogens is 399 g/mol. The van der Waals surface area contributed by atoms with Gasteiger partial charge in [0, 0.05) is 28.5 Å². The number of anilines is 1. The first-order valence-electron chi connectivity index (χ1n) is 9.94. The summed E-state index contributed by atoms with van der Waals surface area (Å²) in [5.74, 6) is -1.02. The van der Waals surface area contributed by atoms with Crippen molar-refractivity contribution in [2.75, 3.05) is 11.9 Å². The van der Waals surface area contributed by atoms with E-state index < -0.39 is 5.97 Å². The number of halogens is 1. The molecule has 0 aliphatic heterocycles. The van der Waals surface area contributed by atoms with E-state index in [1.807, 2.05) is 6.08 Å². The van der Waals surface area contributed by atoms with Gasteiger partial charge in [-0.3, -0.25) is 4.98 Å². The Labute approximate surface area is 180 Å². The summed E-state index contributed by atoms with van der Waals surface area (Å²) in [6, 6.07) is 8.00. The van der Waals surface area contributed by atoms with Crippen LogP contribution in [-0.4, -0.2) is 22.6 Å². The molecule has 0 unspecified atom stereocenters. The highest BCUT2D eigenvalue weighted by molar-refractivity contribution is 8.03. The Balaban J connectivity index is 1.67. The first kappa shape index (κ1) is 21.8. The van der Waals surface area contributed by atoms with Crippen LogP contribution in [-0.2, 0) is 0 Å². The summed E-state index contributed by atoms with van der Waals surface area (Å²) in [6.45, 7) is 4.84. The minimum absolute atomic E-state index is 0.193. The Kier molecular flexibility index (Phi) is 7.85. The van der Waals surface area contributed by atoms with Crippen LogP contribution in [0.4, 0.5) is 10.1 Å². The van der Waals surface area contributed by atoms with Crippen LogP contribution in [0.5, 0.6) is 0 Å². The van der Waals surface area contributed by atoms with Crippen molar-refractivity contribution in [3.05, 3.63) is 89.4 Å². The van der Waals surface area contributed by atoms with Crippen molar-refractivity contribution >= 4 is 23.4 Å². The number of nitrogens with one attached hydrogen (secondary N) is 1. The lowest BCUT2D eigenvalue weighted by molar-refractivity contribution is 0.0697. The highest BCUT2D eigenvalue weighted by Crippen LogP contribution is 2.31. The molecule has 30 heavy (non-hydrogen) atoms. The second-order valence-corrected chi connectivity index (χ2v) is 8.31. The molecule has 2 aromatic rings. The van der Waals surface area contributed by atoms with Crippen molar-refractivity contribution in [3.8, 4) is 0 Å². The topological polar surface area (TPSA) is 62.2 Å². The Morgan fingerprint density at radius 1 is 1.23 bits per heavy atom. The summed E-state index contributed by atoms with van der Waals surface area (Å²) in [5.41, 5.74) is 1.73. The predicted octanol–water partition coefficient (Wildman–Crippen LogP) is 6.31. The third kappa shape index (κ3) is 6.32. The van der Waals surface area contributed by atoms with Crippen LogP contribution < -0.4 is 5.32 Å². The summed E-state index contributed by atoms with van der Waals surface area (Å²) < 4.78 is 13.1. The van der Waals surface area contributed by atoms with Gasteiger partial charge in [-0.2, -0.15) is 0 Å². The molecule has 3 rings (SSSR count). The Morgan fingerprint density at radius 3 is 2.80 bits per heavy atom. The zero-order valence-electron chi connectivity index (χ0n) is 16.7. The molecule has 0 radical (unpaired) electrons. The number of aromatic nitrogens is 1. The number of hydrogen-bond acceptors (Lipinski definition) is 4. The van der Waals surface area contributed by atoms with Crippen molar-refractivity contribution in [3.63, 3.8) is 0 Å². The van der Waals surface area contributed by atoms with Gasteiger partial charge < -0.3 is 10.4 Å². The lowest BCUT2D eigenvalue weighted by Gasteiger charge is -2.20. The molecule has 1 aromatic carbocycles. The molecule has 0 fully saturated rings. The molecule has 0 saturated heterocycles. The number of pyridine rings is 1. The molecular formula is C24H25FN2O2S. The van der Waals surface area contributed by atoms with Crippen LogP contribution in [0.1, 0.15) is 36.0 Å². The second-order valence-electron chi connectivity index (χ2n) is 7.16. The summed E-state index contributed by atoms with van der Waals surface area (Å²) >= 11 is 1.61. The fourth-order valence-electron chi connectivity index (χ4n) is 3.26. The van der Waals surface area contributed by atoms with Crippen LogP contribution in [0.25, 0.3) is 0 Å². The van der Waals surface area contributed by atoms with Crippen molar-refractivity contribution < 1.29 is 14.3 Å². The molecule has 0 amide bonds. The van der Waals surface area contributed by atoms with Crippen LogP contribution in [0.15, 0.2) is 82.9 Å². The number of thioether (sulfide) groups is 1. The van der Waals surface area contributed by atoms with Crippen LogP contribution >= 0.6 is 11.8 Å². The first-order valence-corrected chi connectivity index (χ1v) is 10.8. The van der Waals surface area contributed by atoms with Crippen LogP contribution in [0.3, 0.4) is 0 Å². The zero-order chi connectivity index (χ0) is 21.3. The average Bonchev–Trinajstić information content (AvgIpc) is 2.75. The monoisotopic (exact) mass is 424 g/mol. The molecule has 1 aromatic heterocycles. The van der Waals surface area contributed by atoms with Gasteiger partial charge in [-0.15, -0.1) is 0 Å². The van der Waals surface area contributed by atoms with Gasteiger partial charge in [0.1, 0.15) is 5.82 Å². The maximum Gasteiger partial charge on any atom is 0.337 e. The van der Waals surface area contributed by atoms with Gasteiger partial charge in [0.25, 0.3) is 0 Å². The van der Waals surface area contributed by atoms with Gasteiger partial charge in [0.15, 0.2) is 0 Å². The molecule has 1 aliphatic carbocycles. The maximum absolute atomic E-state index is 13.1. The third-order valence-electron chi connectivity index (χ3n) is 4.98. The summed E-state index contributed by atoms with van der Waals surface area (Å²) in [5, 5.41) is 12.6. The zero-order valence-corrected chi connectivity index (χ0v) is 17.5. The van der Waals surface area contributed by atoms with E-state index >= 15 is 0 Å². The van der Waals surface area contributed by atoms with Gasteiger partial charge in [-0.25, -0.2) is 9.18 Å².